The van der Waals surface area contributed by atoms with Gasteiger partial charge in [0.25, 0.3) is 0 Å². The Balaban J connectivity index is 1.85. The summed E-state index contributed by atoms with van der Waals surface area (Å²) in [6, 6.07) is 10.8. The van der Waals surface area contributed by atoms with Crippen molar-refractivity contribution in [2.45, 2.75) is 26.7 Å². The van der Waals surface area contributed by atoms with Gasteiger partial charge in [0.05, 0.1) is 0 Å². The highest BCUT2D eigenvalue weighted by molar-refractivity contribution is 5.14. The zero-order valence-corrected chi connectivity index (χ0v) is 12.7. The first-order valence-electron chi connectivity index (χ1n) is 7.56. The van der Waals surface area contributed by atoms with E-state index < -0.39 is 0 Å². The minimum atomic E-state index is 0.478. The average molecular weight is 260 g/mol. The maximum atomic E-state index is 3.55. The van der Waals surface area contributed by atoms with Gasteiger partial charge in [-0.2, -0.15) is 0 Å². The Bertz CT molecular complexity index is 366. The molecule has 0 aliphatic carbocycles. The molecule has 2 rings (SSSR count). The van der Waals surface area contributed by atoms with Crippen molar-refractivity contribution in [3.05, 3.63) is 35.9 Å². The van der Waals surface area contributed by atoms with E-state index in [1.54, 1.807) is 0 Å². The number of benzene rings is 1. The normalized spacial score (nSPS) is 23.4. The summed E-state index contributed by atoms with van der Waals surface area (Å²) in [6.45, 7) is 9.48. The van der Waals surface area contributed by atoms with Crippen molar-refractivity contribution < 1.29 is 0 Å². The second-order valence-electron chi connectivity index (χ2n) is 6.42. The quantitative estimate of drug-likeness (QED) is 0.846. The summed E-state index contributed by atoms with van der Waals surface area (Å²) in [5, 5.41) is 3.55. The highest BCUT2D eigenvalue weighted by atomic mass is 15.1. The topological polar surface area (TPSA) is 15.3 Å². The summed E-state index contributed by atoms with van der Waals surface area (Å²) in [7, 11) is 2.27. The fraction of sp³-hybridized carbons (Fsp3) is 0.647. The predicted octanol–water partition coefficient (Wildman–Crippen LogP) is 2.80. The molecule has 0 radical (unpaired) electrons. The average Bonchev–Trinajstić information content (AvgIpc) is 2.87. The zero-order chi connectivity index (χ0) is 13.7. The lowest BCUT2D eigenvalue weighted by Gasteiger charge is -2.36. The van der Waals surface area contributed by atoms with Crippen LogP contribution in [0.4, 0.5) is 0 Å². The Morgan fingerprint density at radius 2 is 2.00 bits per heavy atom. The van der Waals surface area contributed by atoms with E-state index in [9.17, 15) is 0 Å². The van der Waals surface area contributed by atoms with Crippen LogP contribution in [0, 0.1) is 11.3 Å². The van der Waals surface area contributed by atoms with Crippen LogP contribution < -0.4 is 5.32 Å². The Morgan fingerprint density at radius 1 is 1.26 bits per heavy atom. The van der Waals surface area contributed by atoms with Crippen LogP contribution in [0.5, 0.6) is 0 Å². The highest BCUT2D eigenvalue weighted by Gasteiger charge is 2.37. The van der Waals surface area contributed by atoms with E-state index in [1.807, 2.05) is 0 Å². The number of nitrogens with one attached hydrogen (secondary N) is 1. The van der Waals surface area contributed by atoms with Gasteiger partial charge in [-0.05, 0) is 43.3 Å². The number of likely N-dealkylation sites (N-methyl/N-ethyl adjacent to an activating group) is 1. The van der Waals surface area contributed by atoms with Gasteiger partial charge in [-0.15, -0.1) is 0 Å². The third-order valence-electron chi connectivity index (χ3n) is 4.71. The molecular formula is C17H28N2. The van der Waals surface area contributed by atoms with E-state index in [0.29, 0.717) is 5.41 Å². The maximum absolute atomic E-state index is 3.55. The van der Waals surface area contributed by atoms with Gasteiger partial charge >= 0.3 is 0 Å². The molecule has 2 heteroatoms. The molecule has 1 saturated heterocycles. The molecule has 1 atom stereocenters. The monoisotopic (exact) mass is 260 g/mol. The first-order valence-corrected chi connectivity index (χ1v) is 7.56. The number of hydrogen-bond acceptors (Lipinski definition) is 2. The SMILES string of the molecule is CC(C)C1(CN(C)CCc2ccccc2)CCNC1. The lowest BCUT2D eigenvalue weighted by molar-refractivity contribution is 0.137. The van der Waals surface area contributed by atoms with Gasteiger partial charge < -0.3 is 10.2 Å². The lowest BCUT2D eigenvalue weighted by Crippen LogP contribution is -2.41. The molecular weight excluding hydrogens is 232 g/mol. The number of nitrogens with zero attached hydrogens (tertiary/aromatic N) is 1. The molecule has 1 aliphatic rings. The molecule has 0 bridgehead atoms. The largest absolute Gasteiger partial charge is 0.316 e. The summed E-state index contributed by atoms with van der Waals surface area (Å²) in [6.07, 6.45) is 2.47. The molecule has 1 aromatic rings. The van der Waals surface area contributed by atoms with Crippen molar-refractivity contribution >= 4 is 0 Å². The molecule has 0 amide bonds. The first-order chi connectivity index (χ1) is 9.12. The van der Waals surface area contributed by atoms with Crippen LogP contribution in [-0.2, 0) is 6.42 Å². The van der Waals surface area contributed by atoms with Gasteiger partial charge in [0.2, 0.25) is 0 Å². The van der Waals surface area contributed by atoms with Gasteiger partial charge in [0, 0.05) is 19.6 Å². The molecule has 2 nitrogen and oxygen atoms in total. The van der Waals surface area contributed by atoms with Gasteiger partial charge in [-0.3, -0.25) is 0 Å². The number of hydrogen-bond donors (Lipinski definition) is 1. The third kappa shape index (κ3) is 3.80. The van der Waals surface area contributed by atoms with Crippen molar-refractivity contribution in [3.63, 3.8) is 0 Å². The Kier molecular flexibility index (Phi) is 5.00. The van der Waals surface area contributed by atoms with Gasteiger partial charge in [-0.1, -0.05) is 44.2 Å². The van der Waals surface area contributed by atoms with E-state index >= 15 is 0 Å². The zero-order valence-electron chi connectivity index (χ0n) is 12.7. The van der Waals surface area contributed by atoms with Crippen LogP contribution in [0.1, 0.15) is 25.8 Å². The van der Waals surface area contributed by atoms with Crippen LogP contribution in [0.3, 0.4) is 0 Å². The number of rotatable bonds is 6. The summed E-state index contributed by atoms with van der Waals surface area (Å²) in [5.74, 6) is 0.752. The van der Waals surface area contributed by atoms with Crippen LogP contribution in [0.25, 0.3) is 0 Å². The maximum Gasteiger partial charge on any atom is 0.00502 e. The molecule has 1 aliphatic heterocycles. The summed E-state index contributed by atoms with van der Waals surface area (Å²) < 4.78 is 0. The molecule has 106 valence electrons. The molecule has 19 heavy (non-hydrogen) atoms. The molecule has 1 aromatic carbocycles. The van der Waals surface area contributed by atoms with E-state index in [2.05, 4.69) is 61.4 Å². The Hall–Kier alpha value is -0.860. The molecule has 0 spiro atoms. The van der Waals surface area contributed by atoms with Crippen molar-refractivity contribution in [2.24, 2.45) is 11.3 Å². The van der Waals surface area contributed by atoms with Crippen LogP contribution in [-0.4, -0.2) is 38.1 Å². The Labute approximate surface area is 118 Å². The predicted molar refractivity (Wildman–Crippen MR) is 82.4 cm³/mol. The summed E-state index contributed by atoms with van der Waals surface area (Å²) >= 11 is 0. The van der Waals surface area contributed by atoms with Gasteiger partial charge in [0.15, 0.2) is 0 Å². The van der Waals surface area contributed by atoms with Crippen molar-refractivity contribution in [2.75, 3.05) is 33.2 Å². The fourth-order valence-electron chi connectivity index (χ4n) is 3.15. The smallest absolute Gasteiger partial charge is 0.00502 e. The van der Waals surface area contributed by atoms with E-state index in [1.165, 1.54) is 31.6 Å². The molecule has 1 fully saturated rings. The van der Waals surface area contributed by atoms with Crippen molar-refractivity contribution in [1.29, 1.82) is 0 Å². The minimum Gasteiger partial charge on any atom is -0.316 e. The van der Waals surface area contributed by atoms with E-state index in [0.717, 1.165) is 18.9 Å². The van der Waals surface area contributed by atoms with Gasteiger partial charge in [-0.25, -0.2) is 0 Å². The first kappa shape index (κ1) is 14.5. The second-order valence-corrected chi connectivity index (χ2v) is 6.42. The van der Waals surface area contributed by atoms with E-state index in [4.69, 9.17) is 0 Å². The van der Waals surface area contributed by atoms with Crippen LogP contribution in [0.15, 0.2) is 30.3 Å². The fourth-order valence-corrected chi connectivity index (χ4v) is 3.15. The van der Waals surface area contributed by atoms with Crippen LogP contribution >= 0.6 is 0 Å². The molecule has 0 saturated carbocycles. The second kappa shape index (κ2) is 6.53. The summed E-state index contributed by atoms with van der Waals surface area (Å²) in [5.41, 5.74) is 1.92. The third-order valence-corrected chi connectivity index (χ3v) is 4.71. The highest BCUT2D eigenvalue weighted by Crippen LogP contribution is 2.34. The van der Waals surface area contributed by atoms with Crippen molar-refractivity contribution in [1.82, 2.24) is 10.2 Å². The molecule has 0 aromatic heterocycles. The minimum absolute atomic E-state index is 0.478. The van der Waals surface area contributed by atoms with Gasteiger partial charge in [0.1, 0.15) is 0 Å². The Morgan fingerprint density at radius 3 is 2.58 bits per heavy atom. The molecule has 1 heterocycles. The van der Waals surface area contributed by atoms with E-state index in [-0.39, 0.29) is 0 Å². The standard InChI is InChI=1S/C17H28N2/c1-15(2)17(10-11-18-13-17)14-19(3)12-9-16-7-5-4-6-8-16/h4-8,15,18H,9-14H2,1-3H3. The van der Waals surface area contributed by atoms with Crippen molar-refractivity contribution in [3.8, 4) is 0 Å². The lowest BCUT2D eigenvalue weighted by atomic mass is 9.76. The molecule has 1 N–H and O–H groups in total. The molecule has 1 unspecified atom stereocenters. The summed E-state index contributed by atoms with van der Waals surface area (Å²) in [4.78, 5) is 2.51. The van der Waals surface area contributed by atoms with Crippen LogP contribution in [0.2, 0.25) is 0 Å².